The quantitative estimate of drug-likeness (QED) is 0.596. The predicted octanol–water partition coefficient (Wildman–Crippen LogP) is 4.67. The maximum absolute atomic E-state index is 13.5. The second kappa shape index (κ2) is 9.05. The number of allylic oxidation sites excluding steroid dienone is 5. The van der Waals surface area contributed by atoms with Crippen molar-refractivity contribution in [3.05, 3.63) is 53.7 Å². The lowest BCUT2D eigenvalue weighted by Crippen LogP contribution is -2.23. The van der Waals surface area contributed by atoms with Crippen molar-refractivity contribution in [1.29, 1.82) is 0 Å². The highest BCUT2D eigenvalue weighted by molar-refractivity contribution is 6.02. The summed E-state index contributed by atoms with van der Waals surface area (Å²) in [5.74, 6) is -0.282. The fourth-order valence-corrected chi connectivity index (χ4v) is 2.01. The average molecular weight is 354 g/mol. The van der Waals surface area contributed by atoms with Gasteiger partial charge < -0.3 is 9.73 Å². The van der Waals surface area contributed by atoms with Gasteiger partial charge in [0.25, 0.3) is 0 Å². The third-order valence-corrected chi connectivity index (χ3v) is 3.32. The van der Waals surface area contributed by atoms with Crippen LogP contribution in [-0.2, 0) is 4.79 Å². The standard InChI is InChI=1S/C18H21F3N2O2/c1-5-14(15-7-8-25-11-15)9-17(18(19,20)21)12(3)23-16(6-2)10-22-13(4)24/h5-9,11H,10H2,1-4H3,(H,22,24)/b14-5+,16-6-,17-9+,23-12-. The molecule has 0 spiro atoms. The summed E-state index contributed by atoms with van der Waals surface area (Å²) in [7, 11) is 0. The fraction of sp³-hybridized carbons (Fsp3) is 0.333. The Bertz CT molecular complexity index is 709. The van der Waals surface area contributed by atoms with Crippen LogP contribution in [0.15, 0.2) is 57.5 Å². The highest BCUT2D eigenvalue weighted by Crippen LogP contribution is 2.30. The van der Waals surface area contributed by atoms with Crippen LogP contribution in [0.2, 0.25) is 0 Å². The molecular weight excluding hydrogens is 333 g/mol. The lowest BCUT2D eigenvalue weighted by molar-refractivity contribution is -0.118. The lowest BCUT2D eigenvalue weighted by Gasteiger charge is -2.13. The Labute approximate surface area is 144 Å². The van der Waals surface area contributed by atoms with Gasteiger partial charge in [-0.1, -0.05) is 12.2 Å². The van der Waals surface area contributed by atoms with Crippen molar-refractivity contribution in [2.24, 2.45) is 4.99 Å². The van der Waals surface area contributed by atoms with E-state index in [9.17, 15) is 18.0 Å². The first kappa shape index (κ1) is 20.5. The number of alkyl halides is 3. The number of carbonyl (C=O) groups excluding carboxylic acids is 1. The van der Waals surface area contributed by atoms with Crippen LogP contribution in [-0.4, -0.2) is 24.3 Å². The number of hydrogen-bond donors (Lipinski definition) is 1. The van der Waals surface area contributed by atoms with Gasteiger partial charge >= 0.3 is 6.18 Å². The van der Waals surface area contributed by atoms with Gasteiger partial charge in [0.15, 0.2) is 0 Å². The molecule has 0 unspecified atom stereocenters. The Morgan fingerprint density at radius 2 is 1.96 bits per heavy atom. The van der Waals surface area contributed by atoms with Crippen LogP contribution in [0.4, 0.5) is 13.2 Å². The van der Waals surface area contributed by atoms with Crippen molar-refractivity contribution in [1.82, 2.24) is 5.32 Å². The molecule has 4 nitrogen and oxygen atoms in total. The number of hydrogen-bond acceptors (Lipinski definition) is 3. The second-order valence-corrected chi connectivity index (χ2v) is 5.20. The SMILES string of the molecule is C\C=C(CNC(C)=O)/N=C(C)\C(=C/C(=C\C)c1ccoc1)C(F)(F)F. The summed E-state index contributed by atoms with van der Waals surface area (Å²) in [6, 6.07) is 1.58. The van der Waals surface area contributed by atoms with E-state index in [0.717, 1.165) is 6.08 Å². The summed E-state index contributed by atoms with van der Waals surface area (Å²) in [5, 5.41) is 2.52. The minimum absolute atomic E-state index is 0.0620. The molecule has 1 aromatic heterocycles. The van der Waals surface area contributed by atoms with E-state index in [-0.39, 0.29) is 18.2 Å². The van der Waals surface area contributed by atoms with Crippen LogP contribution < -0.4 is 5.32 Å². The topological polar surface area (TPSA) is 54.6 Å². The smallest absolute Gasteiger partial charge is 0.418 e. The van der Waals surface area contributed by atoms with Crippen LogP contribution in [0.3, 0.4) is 0 Å². The van der Waals surface area contributed by atoms with Gasteiger partial charge in [0, 0.05) is 18.2 Å². The summed E-state index contributed by atoms with van der Waals surface area (Å²) < 4.78 is 45.4. The van der Waals surface area contributed by atoms with E-state index < -0.39 is 11.7 Å². The zero-order valence-corrected chi connectivity index (χ0v) is 14.6. The van der Waals surface area contributed by atoms with Crippen molar-refractivity contribution in [3.8, 4) is 0 Å². The third-order valence-electron chi connectivity index (χ3n) is 3.32. The summed E-state index contributed by atoms with van der Waals surface area (Å²) in [6.45, 7) is 5.97. The Hall–Kier alpha value is -2.57. The maximum Gasteiger partial charge on any atom is 0.418 e. The summed E-state index contributed by atoms with van der Waals surface area (Å²) in [4.78, 5) is 15.0. The highest BCUT2D eigenvalue weighted by Gasteiger charge is 2.35. The first-order valence-electron chi connectivity index (χ1n) is 7.62. The van der Waals surface area contributed by atoms with Crippen molar-refractivity contribution in [2.45, 2.75) is 33.9 Å². The van der Waals surface area contributed by atoms with Crippen LogP contribution in [0.25, 0.3) is 5.57 Å². The molecule has 0 aliphatic rings. The number of nitrogens with one attached hydrogen (secondary N) is 1. The number of amides is 1. The van der Waals surface area contributed by atoms with Crippen LogP contribution in [0.1, 0.15) is 33.3 Å². The minimum Gasteiger partial charge on any atom is -0.472 e. The van der Waals surface area contributed by atoms with E-state index in [2.05, 4.69) is 10.3 Å². The monoisotopic (exact) mass is 354 g/mol. The summed E-state index contributed by atoms with van der Waals surface area (Å²) in [6.07, 6.45) is 2.36. The minimum atomic E-state index is -4.57. The molecule has 0 radical (unpaired) electrons. The third kappa shape index (κ3) is 6.45. The first-order valence-corrected chi connectivity index (χ1v) is 7.62. The molecule has 0 saturated carbocycles. The number of halogens is 3. The molecular formula is C18H21F3N2O2. The zero-order chi connectivity index (χ0) is 19.0. The van der Waals surface area contributed by atoms with Gasteiger partial charge in [-0.3, -0.25) is 9.79 Å². The van der Waals surface area contributed by atoms with Gasteiger partial charge in [-0.15, -0.1) is 0 Å². The molecule has 1 rings (SSSR count). The van der Waals surface area contributed by atoms with Crippen molar-refractivity contribution < 1.29 is 22.4 Å². The number of furan rings is 1. The highest BCUT2D eigenvalue weighted by atomic mass is 19.4. The van der Waals surface area contributed by atoms with E-state index in [0.29, 0.717) is 16.8 Å². The molecule has 25 heavy (non-hydrogen) atoms. The summed E-state index contributed by atoms with van der Waals surface area (Å²) in [5.41, 5.74) is 0.215. The van der Waals surface area contributed by atoms with Crippen LogP contribution in [0, 0.1) is 0 Å². The van der Waals surface area contributed by atoms with Crippen LogP contribution >= 0.6 is 0 Å². The van der Waals surface area contributed by atoms with Gasteiger partial charge in [0.1, 0.15) is 0 Å². The van der Waals surface area contributed by atoms with Gasteiger partial charge in [-0.2, -0.15) is 13.2 Å². The Kier molecular flexibility index (Phi) is 7.42. The number of aliphatic imine (C=N–C) groups is 1. The predicted molar refractivity (Wildman–Crippen MR) is 92.0 cm³/mol. The van der Waals surface area contributed by atoms with Crippen molar-refractivity contribution in [2.75, 3.05) is 6.54 Å². The molecule has 0 aromatic carbocycles. The molecule has 0 atom stereocenters. The van der Waals surface area contributed by atoms with Gasteiger partial charge in [-0.25, -0.2) is 0 Å². The molecule has 1 N–H and O–H groups in total. The molecule has 1 amide bonds. The fourth-order valence-electron chi connectivity index (χ4n) is 2.01. The normalized spacial score (nSPS) is 14.7. The summed E-state index contributed by atoms with van der Waals surface area (Å²) >= 11 is 0. The van der Waals surface area contributed by atoms with Crippen LogP contribution in [0.5, 0.6) is 0 Å². The molecule has 1 aromatic rings. The largest absolute Gasteiger partial charge is 0.472 e. The Morgan fingerprint density at radius 1 is 1.28 bits per heavy atom. The van der Waals surface area contributed by atoms with E-state index in [4.69, 9.17) is 4.42 Å². The van der Waals surface area contributed by atoms with E-state index in [1.807, 2.05) is 0 Å². The van der Waals surface area contributed by atoms with Gasteiger partial charge in [-0.05, 0) is 38.5 Å². The Morgan fingerprint density at radius 3 is 2.40 bits per heavy atom. The molecule has 1 heterocycles. The number of carbonyl (C=O) groups is 1. The molecule has 0 bridgehead atoms. The molecule has 7 heteroatoms. The molecule has 0 aliphatic carbocycles. The lowest BCUT2D eigenvalue weighted by atomic mass is 10.0. The van der Waals surface area contributed by atoms with Gasteiger partial charge in [0.2, 0.25) is 5.91 Å². The number of rotatable bonds is 6. The second-order valence-electron chi connectivity index (χ2n) is 5.20. The molecule has 136 valence electrons. The van der Waals surface area contributed by atoms with E-state index in [1.165, 1.54) is 26.4 Å². The average Bonchev–Trinajstić information content (AvgIpc) is 3.04. The molecule has 0 saturated heterocycles. The first-order chi connectivity index (χ1) is 11.7. The zero-order valence-electron chi connectivity index (χ0n) is 14.6. The van der Waals surface area contributed by atoms with E-state index in [1.54, 1.807) is 32.1 Å². The molecule has 0 fully saturated rings. The Balaban J connectivity index is 3.24. The maximum atomic E-state index is 13.5. The van der Waals surface area contributed by atoms with E-state index >= 15 is 0 Å². The van der Waals surface area contributed by atoms with Crippen molar-refractivity contribution >= 4 is 17.2 Å². The number of nitrogens with zero attached hydrogens (tertiary/aromatic N) is 1. The van der Waals surface area contributed by atoms with Gasteiger partial charge in [0.05, 0.1) is 30.3 Å². The molecule has 0 aliphatic heterocycles. The van der Waals surface area contributed by atoms with Crippen molar-refractivity contribution in [3.63, 3.8) is 0 Å².